The summed E-state index contributed by atoms with van der Waals surface area (Å²) in [5.41, 5.74) is -0.486. The average Bonchev–Trinajstić information content (AvgIpc) is 3.19. The van der Waals surface area contributed by atoms with Crippen LogP contribution in [0.15, 0.2) is 23.0 Å². The number of Topliss-reactive ketones (excluding diaryl/α,β-unsaturated/α-hetero) is 1. The molecule has 2 aliphatic carbocycles. The van der Waals surface area contributed by atoms with Crippen LogP contribution in [-0.4, -0.2) is 29.1 Å². The summed E-state index contributed by atoms with van der Waals surface area (Å²) in [6, 6.07) is 1.60. The number of rotatable bonds is 3. The predicted molar refractivity (Wildman–Crippen MR) is 89.8 cm³/mol. The van der Waals surface area contributed by atoms with Crippen molar-refractivity contribution in [1.29, 1.82) is 0 Å². The van der Waals surface area contributed by atoms with E-state index in [0.29, 0.717) is 12.0 Å². The van der Waals surface area contributed by atoms with Gasteiger partial charge in [-0.1, -0.05) is 27.2 Å². The molecule has 0 spiro atoms. The highest BCUT2D eigenvalue weighted by Gasteiger charge is 2.68. The fourth-order valence-electron chi connectivity index (χ4n) is 6.07. The minimum absolute atomic E-state index is 0.0739. The Morgan fingerprint density at radius 2 is 2.12 bits per heavy atom. The quantitative estimate of drug-likeness (QED) is 0.672. The van der Waals surface area contributed by atoms with Crippen molar-refractivity contribution in [2.45, 2.75) is 58.7 Å². The molecule has 25 heavy (non-hydrogen) atoms. The van der Waals surface area contributed by atoms with Gasteiger partial charge in [0.05, 0.1) is 17.7 Å². The van der Waals surface area contributed by atoms with E-state index in [4.69, 9.17) is 9.15 Å². The molecular weight excluding hydrogens is 320 g/mol. The molecule has 1 saturated heterocycles. The third-order valence-corrected chi connectivity index (χ3v) is 7.75. The summed E-state index contributed by atoms with van der Waals surface area (Å²) < 4.78 is 10.8. The maximum Gasteiger partial charge on any atom is 0.309 e. The maximum atomic E-state index is 12.9. The number of ether oxygens (including phenoxy) is 1. The van der Waals surface area contributed by atoms with Crippen LogP contribution >= 0.6 is 0 Å². The van der Waals surface area contributed by atoms with Gasteiger partial charge in [0, 0.05) is 10.8 Å². The number of aliphatic hydroxyl groups is 1. The summed E-state index contributed by atoms with van der Waals surface area (Å²) in [4.78, 5) is 25.3. The molecule has 2 heterocycles. The lowest BCUT2D eigenvalue weighted by Crippen LogP contribution is -2.62. The van der Waals surface area contributed by atoms with Crippen LogP contribution in [0.5, 0.6) is 0 Å². The van der Waals surface area contributed by atoms with E-state index in [2.05, 4.69) is 13.8 Å². The normalized spacial score (nSPS) is 44.1. The highest BCUT2D eigenvalue weighted by Crippen LogP contribution is 2.66. The fourth-order valence-corrected chi connectivity index (χ4v) is 6.07. The Labute approximate surface area is 147 Å². The third-order valence-electron chi connectivity index (χ3n) is 7.75. The van der Waals surface area contributed by atoms with Gasteiger partial charge in [0.1, 0.15) is 18.5 Å². The number of ketones is 1. The Balaban J connectivity index is 1.75. The Kier molecular flexibility index (Phi) is 3.66. The molecule has 0 unspecified atom stereocenters. The van der Waals surface area contributed by atoms with E-state index in [0.717, 1.165) is 19.3 Å². The molecule has 2 saturated carbocycles. The van der Waals surface area contributed by atoms with Crippen molar-refractivity contribution in [3.63, 3.8) is 0 Å². The van der Waals surface area contributed by atoms with Crippen molar-refractivity contribution in [3.05, 3.63) is 24.2 Å². The molecule has 4 rings (SSSR count). The van der Waals surface area contributed by atoms with Crippen molar-refractivity contribution in [2.75, 3.05) is 0 Å². The monoisotopic (exact) mass is 346 g/mol. The van der Waals surface area contributed by atoms with Gasteiger partial charge in [-0.3, -0.25) is 9.59 Å². The predicted octanol–water partition coefficient (Wildman–Crippen LogP) is 3.22. The van der Waals surface area contributed by atoms with Crippen LogP contribution in [0.25, 0.3) is 0 Å². The van der Waals surface area contributed by atoms with E-state index in [-0.39, 0.29) is 41.0 Å². The molecular formula is C20H26O5. The third kappa shape index (κ3) is 2.05. The Bertz CT molecular complexity index is 695. The Morgan fingerprint density at radius 3 is 2.80 bits per heavy atom. The number of furan rings is 1. The molecule has 0 bridgehead atoms. The van der Waals surface area contributed by atoms with Gasteiger partial charge in [-0.15, -0.1) is 0 Å². The summed E-state index contributed by atoms with van der Waals surface area (Å²) in [6.07, 6.45) is 5.01. The minimum atomic E-state index is -1.11. The summed E-state index contributed by atoms with van der Waals surface area (Å²) in [5, 5.41) is 11.1. The zero-order chi connectivity index (χ0) is 18.0. The van der Waals surface area contributed by atoms with Gasteiger partial charge in [0.15, 0.2) is 5.78 Å². The molecule has 1 N–H and O–H groups in total. The zero-order valence-corrected chi connectivity index (χ0v) is 15.0. The number of carbonyl (C=O) groups is 2. The van der Waals surface area contributed by atoms with Crippen LogP contribution in [0.1, 0.15) is 56.8 Å². The van der Waals surface area contributed by atoms with Crippen LogP contribution in [-0.2, 0) is 9.53 Å². The van der Waals surface area contributed by atoms with Crippen LogP contribution in [0.2, 0.25) is 0 Å². The highest BCUT2D eigenvalue weighted by atomic mass is 16.6. The molecule has 1 aromatic heterocycles. The molecule has 136 valence electrons. The van der Waals surface area contributed by atoms with Gasteiger partial charge in [0.25, 0.3) is 0 Å². The molecule has 1 aromatic rings. The van der Waals surface area contributed by atoms with Gasteiger partial charge in [0.2, 0.25) is 0 Å². The molecule has 3 aliphatic rings. The lowest BCUT2D eigenvalue weighted by molar-refractivity contribution is -0.165. The van der Waals surface area contributed by atoms with E-state index in [1.165, 1.54) is 12.5 Å². The first-order valence-electron chi connectivity index (χ1n) is 9.26. The SMILES string of the molecule is C[C@@H]1C[C@@H]2OC(=O)[C@@H]3CCC[C@@H]([C@@]23C)[C@@]1(C)[C@@H](O)C(=O)c1ccoc1. The number of carbonyl (C=O) groups excluding carboxylic acids is 2. The molecule has 0 amide bonds. The second-order valence-corrected chi connectivity index (χ2v) is 8.61. The minimum Gasteiger partial charge on any atom is -0.472 e. The molecule has 1 aliphatic heterocycles. The fraction of sp³-hybridized carbons (Fsp3) is 0.700. The zero-order valence-electron chi connectivity index (χ0n) is 15.0. The largest absolute Gasteiger partial charge is 0.472 e. The van der Waals surface area contributed by atoms with Gasteiger partial charge in [-0.25, -0.2) is 0 Å². The average molecular weight is 346 g/mol. The van der Waals surface area contributed by atoms with Crippen LogP contribution in [0.3, 0.4) is 0 Å². The first kappa shape index (κ1) is 16.8. The summed E-state index contributed by atoms with van der Waals surface area (Å²) >= 11 is 0. The van der Waals surface area contributed by atoms with Gasteiger partial charge in [-0.05, 0) is 37.2 Å². The molecule has 5 nitrogen and oxygen atoms in total. The smallest absolute Gasteiger partial charge is 0.309 e. The van der Waals surface area contributed by atoms with Crippen molar-refractivity contribution >= 4 is 11.8 Å². The standard InChI is InChI=1S/C20H26O5/c1-11-9-15-20(3)13(18(23)25-15)5-4-6-14(20)19(11,2)17(22)16(21)12-7-8-24-10-12/h7-8,10-11,13-15,17,22H,4-6,9H2,1-3H3/t11-,13+,14-,15+,17+,19+,20+/m1/s1. The van der Waals surface area contributed by atoms with Gasteiger partial charge >= 0.3 is 5.97 Å². The van der Waals surface area contributed by atoms with Crippen LogP contribution in [0, 0.1) is 28.6 Å². The molecule has 5 heteroatoms. The van der Waals surface area contributed by atoms with Crippen molar-refractivity contribution in [2.24, 2.45) is 28.6 Å². The van der Waals surface area contributed by atoms with Crippen molar-refractivity contribution in [1.82, 2.24) is 0 Å². The van der Waals surface area contributed by atoms with Crippen LogP contribution < -0.4 is 0 Å². The summed E-state index contributed by atoms with van der Waals surface area (Å²) in [7, 11) is 0. The topological polar surface area (TPSA) is 76.7 Å². The highest BCUT2D eigenvalue weighted by molar-refractivity contribution is 5.99. The number of esters is 1. The lowest BCUT2D eigenvalue weighted by atomic mass is 9.44. The van der Waals surface area contributed by atoms with E-state index in [1.54, 1.807) is 6.07 Å². The van der Waals surface area contributed by atoms with E-state index < -0.39 is 11.5 Å². The molecule has 0 aromatic carbocycles. The Morgan fingerprint density at radius 1 is 1.36 bits per heavy atom. The first-order valence-corrected chi connectivity index (χ1v) is 9.26. The van der Waals surface area contributed by atoms with E-state index >= 15 is 0 Å². The number of hydrogen-bond acceptors (Lipinski definition) is 5. The van der Waals surface area contributed by atoms with Gasteiger partial charge < -0.3 is 14.3 Å². The Hall–Kier alpha value is -1.62. The van der Waals surface area contributed by atoms with E-state index in [9.17, 15) is 14.7 Å². The second kappa shape index (κ2) is 5.44. The van der Waals surface area contributed by atoms with Crippen LogP contribution in [0.4, 0.5) is 0 Å². The number of aliphatic hydroxyl groups excluding tert-OH is 1. The van der Waals surface area contributed by atoms with E-state index in [1.807, 2.05) is 6.92 Å². The first-order chi connectivity index (χ1) is 11.8. The van der Waals surface area contributed by atoms with Crippen molar-refractivity contribution in [3.8, 4) is 0 Å². The summed E-state index contributed by atoms with van der Waals surface area (Å²) in [5.74, 6) is -0.350. The number of hydrogen-bond donors (Lipinski definition) is 1. The maximum absolute atomic E-state index is 12.9. The molecule has 3 fully saturated rings. The summed E-state index contributed by atoms with van der Waals surface area (Å²) in [6.45, 7) is 6.23. The van der Waals surface area contributed by atoms with Gasteiger partial charge in [-0.2, -0.15) is 0 Å². The second-order valence-electron chi connectivity index (χ2n) is 8.61. The lowest BCUT2D eigenvalue weighted by Gasteiger charge is -2.59. The molecule has 0 radical (unpaired) electrons. The van der Waals surface area contributed by atoms with Crippen molar-refractivity contribution < 1.29 is 23.8 Å². The molecule has 7 atom stereocenters.